The van der Waals surface area contributed by atoms with Crippen molar-refractivity contribution in [3.05, 3.63) is 0 Å². The molecule has 28 heavy (non-hydrogen) atoms. The van der Waals surface area contributed by atoms with E-state index in [1.807, 2.05) is 27.7 Å². The van der Waals surface area contributed by atoms with Gasteiger partial charge < -0.3 is 26.4 Å². The largest absolute Gasteiger partial charge is 0.480 e. The highest BCUT2D eigenvalue weighted by atomic mass is 16.4. The lowest BCUT2D eigenvalue weighted by Crippen LogP contribution is -2.54. The minimum atomic E-state index is -1.10. The molecule has 1 aliphatic rings. The van der Waals surface area contributed by atoms with Gasteiger partial charge in [0.2, 0.25) is 17.7 Å². The molecule has 1 fully saturated rings. The molecule has 0 aliphatic carbocycles. The molecule has 9 nitrogen and oxygen atoms in total. The van der Waals surface area contributed by atoms with Gasteiger partial charge in [-0.1, -0.05) is 27.7 Å². The Hall–Kier alpha value is -2.16. The topological polar surface area (TPSA) is 137 Å². The third-order valence-corrected chi connectivity index (χ3v) is 4.48. The molecule has 3 amide bonds. The Kier molecular flexibility index (Phi) is 9.92. The molecule has 1 saturated heterocycles. The Bertz CT molecular complexity index is 559. The van der Waals surface area contributed by atoms with Crippen LogP contribution in [0.4, 0.5) is 0 Å². The average Bonchev–Trinajstić information content (AvgIpc) is 3.12. The summed E-state index contributed by atoms with van der Waals surface area (Å²) in [5.74, 6) is -2.14. The number of nitrogens with one attached hydrogen (secondary N) is 4. The zero-order valence-electron chi connectivity index (χ0n) is 17.2. The molecular weight excluding hydrogens is 364 g/mol. The maximum Gasteiger partial charge on any atom is 0.326 e. The molecule has 160 valence electrons. The second-order valence-electron chi connectivity index (χ2n) is 8.15. The molecule has 3 atom stereocenters. The standard InChI is InChI=1S/C19H34N4O5/c1-11(2)8-14(18(26)23-15(19(27)28)9-12(3)4)22-16(24)10-21-17(25)13-6-5-7-20-13/h11-15,20H,5-10H2,1-4H3,(H,21,25)(H,22,24)(H,23,26)(H,27,28). The molecule has 0 radical (unpaired) electrons. The summed E-state index contributed by atoms with van der Waals surface area (Å²) in [5.41, 5.74) is 0. The predicted molar refractivity (Wildman–Crippen MR) is 104 cm³/mol. The van der Waals surface area contributed by atoms with Crippen molar-refractivity contribution in [2.24, 2.45) is 11.8 Å². The minimum absolute atomic E-state index is 0.0962. The van der Waals surface area contributed by atoms with Crippen molar-refractivity contribution in [2.45, 2.75) is 71.5 Å². The van der Waals surface area contributed by atoms with Crippen LogP contribution >= 0.6 is 0 Å². The molecule has 0 aromatic carbocycles. The van der Waals surface area contributed by atoms with E-state index in [4.69, 9.17) is 0 Å². The average molecular weight is 399 g/mol. The SMILES string of the molecule is CC(C)CC(NC(=O)C(CC(C)C)NC(=O)CNC(=O)C1CCCN1)C(=O)O. The Morgan fingerprint density at radius 2 is 1.61 bits per heavy atom. The third kappa shape index (κ3) is 8.69. The first kappa shape index (κ1) is 23.9. The second-order valence-corrected chi connectivity index (χ2v) is 8.15. The molecule has 1 aliphatic heterocycles. The quantitative estimate of drug-likeness (QED) is 0.332. The summed E-state index contributed by atoms with van der Waals surface area (Å²) in [6.07, 6.45) is 2.32. The van der Waals surface area contributed by atoms with E-state index in [1.54, 1.807) is 0 Å². The normalized spacial score (nSPS) is 18.6. The van der Waals surface area contributed by atoms with E-state index in [-0.39, 0.29) is 30.3 Å². The van der Waals surface area contributed by atoms with E-state index < -0.39 is 29.9 Å². The number of carbonyl (C=O) groups is 4. The molecular formula is C19H34N4O5. The Balaban J connectivity index is 2.62. The van der Waals surface area contributed by atoms with Gasteiger partial charge in [-0.05, 0) is 44.1 Å². The molecule has 0 spiro atoms. The highest BCUT2D eigenvalue weighted by Gasteiger charge is 2.28. The molecule has 1 heterocycles. The van der Waals surface area contributed by atoms with E-state index in [2.05, 4.69) is 21.3 Å². The summed E-state index contributed by atoms with van der Waals surface area (Å²) in [6, 6.07) is -2.15. The fraction of sp³-hybridized carbons (Fsp3) is 0.789. The summed E-state index contributed by atoms with van der Waals surface area (Å²) < 4.78 is 0. The van der Waals surface area contributed by atoms with E-state index in [1.165, 1.54) is 0 Å². The van der Waals surface area contributed by atoms with Crippen molar-refractivity contribution in [2.75, 3.05) is 13.1 Å². The number of aliphatic carboxylic acids is 1. The summed E-state index contributed by atoms with van der Waals surface area (Å²) >= 11 is 0. The lowest BCUT2D eigenvalue weighted by atomic mass is 10.0. The number of hydrogen-bond acceptors (Lipinski definition) is 5. The monoisotopic (exact) mass is 398 g/mol. The second kappa shape index (κ2) is 11.6. The van der Waals surface area contributed by atoms with Crippen LogP contribution in [0.2, 0.25) is 0 Å². The van der Waals surface area contributed by atoms with Crippen LogP contribution in [0, 0.1) is 11.8 Å². The third-order valence-electron chi connectivity index (χ3n) is 4.48. The molecule has 5 N–H and O–H groups in total. The first-order valence-electron chi connectivity index (χ1n) is 9.93. The fourth-order valence-corrected chi connectivity index (χ4v) is 3.11. The van der Waals surface area contributed by atoms with Crippen molar-refractivity contribution in [3.8, 4) is 0 Å². The highest BCUT2D eigenvalue weighted by molar-refractivity contribution is 5.92. The lowest BCUT2D eigenvalue weighted by Gasteiger charge is -2.23. The number of carboxylic acid groups (broad SMARTS) is 1. The maximum atomic E-state index is 12.6. The zero-order chi connectivity index (χ0) is 21.3. The maximum absolute atomic E-state index is 12.6. The van der Waals surface area contributed by atoms with Crippen LogP contribution < -0.4 is 21.3 Å². The van der Waals surface area contributed by atoms with Gasteiger partial charge in [-0.2, -0.15) is 0 Å². The van der Waals surface area contributed by atoms with Crippen molar-refractivity contribution in [1.82, 2.24) is 21.3 Å². The smallest absolute Gasteiger partial charge is 0.326 e. The first-order chi connectivity index (χ1) is 13.1. The molecule has 0 aromatic heterocycles. The number of amides is 3. The predicted octanol–water partition coefficient (Wildman–Crippen LogP) is 0.00100. The van der Waals surface area contributed by atoms with Gasteiger partial charge in [0, 0.05) is 0 Å². The van der Waals surface area contributed by atoms with E-state index in [9.17, 15) is 24.3 Å². The van der Waals surface area contributed by atoms with Gasteiger partial charge in [0.1, 0.15) is 12.1 Å². The van der Waals surface area contributed by atoms with Gasteiger partial charge in [0.25, 0.3) is 0 Å². The number of hydrogen-bond donors (Lipinski definition) is 5. The van der Waals surface area contributed by atoms with Gasteiger partial charge in [-0.3, -0.25) is 14.4 Å². The van der Waals surface area contributed by atoms with Crippen LogP contribution in [0.5, 0.6) is 0 Å². The minimum Gasteiger partial charge on any atom is -0.480 e. The number of rotatable bonds is 11. The summed E-state index contributed by atoms with van der Waals surface area (Å²) in [6.45, 7) is 8.11. The van der Waals surface area contributed by atoms with Crippen LogP contribution in [0.3, 0.4) is 0 Å². The van der Waals surface area contributed by atoms with Crippen molar-refractivity contribution >= 4 is 23.7 Å². The summed E-state index contributed by atoms with van der Waals surface area (Å²) in [7, 11) is 0. The van der Waals surface area contributed by atoms with Crippen LogP contribution in [-0.4, -0.2) is 60.0 Å². The molecule has 1 rings (SSSR count). The molecule has 0 bridgehead atoms. The van der Waals surface area contributed by atoms with E-state index in [0.717, 1.165) is 19.4 Å². The van der Waals surface area contributed by atoms with Crippen LogP contribution in [0.15, 0.2) is 0 Å². The number of carbonyl (C=O) groups excluding carboxylic acids is 3. The van der Waals surface area contributed by atoms with Gasteiger partial charge in [-0.15, -0.1) is 0 Å². The Labute approximate surface area is 166 Å². The molecule has 0 aromatic rings. The summed E-state index contributed by atoms with van der Waals surface area (Å²) in [4.78, 5) is 48.1. The van der Waals surface area contributed by atoms with Crippen molar-refractivity contribution < 1.29 is 24.3 Å². The fourth-order valence-electron chi connectivity index (χ4n) is 3.11. The summed E-state index contributed by atoms with van der Waals surface area (Å²) in [5, 5.41) is 20.1. The molecule has 9 heteroatoms. The van der Waals surface area contributed by atoms with Crippen LogP contribution in [0.1, 0.15) is 53.4 Å². The lowest BCUT2D eigenvalue weighted by molar-refractivity contribution is -0.142. The number of carboxylic acids is 1. The van der Waals surface area contributed by atoms with Crippen molar-refractivity contribution in [1.29, 1.82) is 0 Å². The Morgan fingerprint density at radius 3 is 2.11 bits per heavy atom. The van der Waals surface area contributed by atoms with E-state index >= 15 is 0 Å². The Morgan fingerprint density at radius 1 is 1.00 bits per heavy atom. The van der Waals surface area contributed by atoms with E-state index in [0.29, 0.717) is 12.8 Å². The van der Waals surface area contributed by atoms with Gasteiger partial charge in [-0.25, -0.2) is 4.79 Å². The zero-order valence-corrected chi connectivity index (χ0v) is 17.2. The highest BCUT2D eigenvalue weighted by Crippen LogP contribution is 2.09. The van der Waals surface area contributed by atoms with Gasteiger partial charge in [0.15, 0.2) is 0 Å². The molecule has 3 unspecified atom stereocenters. The van der Waals surface area contributed by atoms with Crippen LogP contribution in [0.25, 0.3) is 0 Å². The van der Waals surface area contributed by atoms with Crippen molar-refractivity contribution in [3.63, 3.8) is 0 Å². The molecule has 0 saturated carbocycles. The van der Waals surface area contributed by atoms with Gasteiger partial charge >= 0.3 is 5.97 Å². The first-order valence-corrected chi connectivity index (χ1v) is 9.93. The van der Waals surface area contributed by atoms with Gasteiger partial charge in [0.05, 0.1) is 12.6 Å². The van der Waals surface area contributed by atoms with Crippen LogP contribution in [-0.2, 0) is 19.2 Å².